The van der Waals surface area contributed by atoms with Crippen LogP contribution in [-0.2, 0) is 6.54 Å². The molecule has 2 N–H and O–H groups in total. The standard InChI is InChI=1S/C13H19NO2/c1-3-5-9-16-13-11(10-14)7-6-8-12(13)15-4-2/h3,5-8H,4,9-10,14H2,1-2H3/b5-3+. The highest BCUT2D eigenvalue weighted by Crippen LogP contribution is 2.31. The van der Waals surface area contributed by atoms with E-state index < -0.39 is 0 Å². The molecule has 0 amide bonds. The summed E-state index contributed by atoms with van der Waals surface area (Å²) in [5.74, 6) is 1.51. The van der Waals surface area contributed by atoms with Crippen molar-refractivity contribution in [2.45, 2.75) is 20.4 Å². The molecule has 88 valence electrons. The number of hydrogen-bond donors (Lipinski definition) is 1. The lowest BCUT2D eigenvalue weighted by Gasteiger charge is -2.14. The largest absolute Gasteiger partial charge is 0.490 e. The van der Waals surface area contributed by atoms with Crippen LogP contribution in [0, 0.1) is 0 Å². The van der Waals surface area contributed by atoms with E-state index in [2.05, 4.69) is 0 Å². The molecule has 0 radical (unpaired) electrons. The average Bonchev–Trinajstić information content (AvgIpc) is 2.31. The van der Waals surface area contributed by atoms with Gasteiger partial charge in [-0.3, -0.25) is 0 Å². The molecule has 0 fully saturated rings. The van der Waals surface area contributed by atoms with Crippen LogP contribution in [0.4, 0.5) is 0 Å². The fraction of sp³-hybridized carbons (Fsp3) is 0.385. The molecule has 0 atom stereocenters. The summed E-state index contributed by atoms with van der Waals surface area (Å²) >= 11 is 0. The molecule has 3 nitrogen and oxygen atoms in total. The average molecular weight is 221 g/mol. The first-order valence-corrected chi connectivity index (χ1v) is 5.52. The molecule has 0 bridgehead atoms. The fourth-order valence-electron chi connectivity index (χ4n) is 1.38. The number of ether oxygens (including phenoxy) is 2. The van der Waals surface area contributed by atoms with E-state index in [4.69, 9.17) is 15.2 Å². The van der Waals surface area contributed by atoms with E-state index in [0.29, 0.717) is 19.8 Å². The highest BCUT2D eigenvalue weighted by Gasteiger charge is 2.08. The van der Waals surface area contributed by atoms with Gasteiger partial charge in [0.2, 0.25) is 0 Å². The molecule has 0 aliphatic carbocycles. The molecule has 0 unspecified atom stereocenters. The lowest BCUT2D eigenvalue weighted by molar-refractivity contribution is 0.294. The summed E-state index contributed by atoms with van der Waals surface area (Å²) in [6.07, 6.45) is 3.90. The van der Waals surface area contributed by atoms with Gasteiger partial charge in [-0.2, -0.15) is 0 Å². The van der Waals surface area contributed by atoms with E-state index in [9.17, 15) is 0 Å². The number of benzene rings is 1. The Bertz CT molecular complexity index is 348. The van der Waals surface area contributed by atoms with Crippen LogP contribution in [0.3, 0.4) is 0 Å². The summed E-state index contributed by atoms with van der Waals surface area (Å²) in [6.45, 7) is 5.51. The van der Waals surface area contributed by atoms with E-state index >= 15 is 0 Å². The van der Waals surface area contributed by atoms with Gasteiger partial charge in [-0.1, -0.05) is 24.3 Å². The summed E-state index contributed by atoms with van der Waals surface area (Å²) in [5.41, 5.74) is 6.63. The van der Waals surface area contributed by atoms with Crippen molar-refractivity contribution >= 4 is 0 Å². The minimum Gasteiger partial charge on any atom is -0.490 e. The number of hydrogen-bond acceptors (Lipinski definition) is 3. The van der Waals surface area contributed by atoms with Crippen LogP contribution in [0.5, 0.6) is 11.5 Å². The van der Waals surface area contributed by atoms with Gasteiger partial charge >= 0.3 is 0 Å². The van der Waals surface area contributed by atoms with Crippen molar-refractivity contribution in [2.24, 2.45) is 5.73 Å². The van der Waals surface area contributed by atoms with Crippen molar-refractivity contribution in [1.29, 1.82) is 0 Å². The highest BCUT2D eigenvalue weighted by atomic mass is 16.5. The molecule has 1 rings (SSSR count). The molecule has 0 spiro atoms. The van der Waals surface area contributed by atoms with Crippen LogP contribution >= 0.6 is 0 Å². The van der Waals surface area contributed by atoms with Gasteiger partial charge < -0.3 is 15.2 Å². The van der Waals surface area contributed by atoms with Crippen LogP contribution in [0.1, 0.15) is 19.4 Å². The quantitative estimate of drug-likeness (QED) is 0.751. The molecule has 0 aromatic heterocycles. The second kappa shape index (κ2) is 6.90. The fourth-order valence-corrected chi connectivity index (χ4v) is 1.38. The maximum Gasteiger partial charge on any atom is 0.166 e. The Morgan fingerprint density at radius 2 is 2.12 bits per heavy atom. The van der Waals surface area contributed by atoms with Crippen molar-refractivity contribution in [3.05, 3.63) is 35.9 Å². The van der Waals surface area contributed by atoms with Crippen LogP contribution in [0.15, 0.2) is 30.4 Å². The minimum atomic E-state index is 0.450. The van der Waals surface area contributed by atoms with Crippen LogP contribution in [0.2, 0.25) is 0 Å². The first-order chi connectivity index (χ1) is 7.83. The van der Waals surface area contributed by atoms with Crippen LogP contribution < -0.4 is 15.2 Å². The van der Waals surface area contributed by atoms with Gasteiger partial charge in [0.1, 0.15) is 6.61 Å². The molecule has 3 heteroatoms. The lowest BCUT2D eigenvalue weighted by atomic mass is 10.2. The number of allylic oxidation sites excluding steroid dienone is 1. The maximum absolute atomic E-state index is 5.67. The molecule has 0 saturated carbocycles. The Morgan fingerprint density at radius 3 is 2.75 bits per heavy atom. The zero-order valence-corrected chi connectivity index (χ0v) is 9.90. The smallest absolute Gasteiger partial charge is 0.166 e. The molecule has 0 aliphatic rings. The van der Waals surface area contributed by atoms with Crippen molar-refractivity contribution in [3.63, 3.8) is 0 Å². The minimum absolute atomic E-state index is 0.450. The number of rotatable bonds is 6. The summed E-state index contributed by atoms with van der Waals surface area (Å²) in [7, 11) is 0. The Balaban J connectivity index is 2.89. The van der Waals surface area contributed by atoms with Gasteiger partial charge in [0.15, 0.2) is 11.5 Å². The van der Waals surface area contributed by atoms with Crippen LogP contribution in [-0.4, -0.2) is 13.2 Å². The van der Waals surface area contributed by atoms with E-state index in [1.807, 2.05) is 44.2 Å². The molecular weight excluding hydrogens is 202 g/mol. The molecule has 0 aliphatic heterocycles. The Kier molecular flexibility index (Phi) is 5.43. The first-order valence-electron chi connectivity index (χ1n) is 5.52. The molecule has 0 heterocycles. The van der Waals surface area contributed by atoms with Crippen molar-refractivity contribution in [3.8, 4) is 11.5 Å². The van der Waals surface area contributed by atoms with Gasteiger partial charge in [-0.15, -0.1) is 0 Å². The van der Waals surface area contributed by atoms with E-state index in [0.717, 1.165) is 17.1 Å². The van der Waals surface area contributed by atoms with E-state index in [1.165, 1.54) is 0 Å². The predicted octanol–water partition coefficient (Wildman–Crippen LogP) is 2.50. The van der Waals surface area contributed by atoms with E-state index in [1.54, 1.807) is 0 Å². The predicted molar refractivity (Wildman–Crippen MR) is 65.8 cm³/mol. The Morgan fingerprint density at radius 1 is 1.31 bits per heavy atom. The Labute approximate surface area is 96.9 Å². The number of nitrogens with two attached hydrogens (primary N) is 1. The summed E-state index contributed by atoms with van der Waals surface area (Å²) in [4.78, 5) is 0. The van der Waals surface area contributed by atoms with Gasteiger partial charge in [0.05, 0.1) is 6.61 Å². The summed E-state index contributed by atoms with van der Waals surface area (Å²) < 4.78 is 11.2. The third kappa shape index (κ3) is 3.28. The zero-order valence-electron chi connectivity index (χ0n) is 9.90. The van der Waals surface area contributed by atoms with Gasteiger partial charge in [0, 0.05) is 12.1 Å². The molecule has 1 aromatic rings. The summed E-state index contributed by atoms with van der Waals surface area (Å²) in [6, 6.07) is 5.77. The van der Waals surface area contributed by atoms with Crippen molar-refractivity contribution < 1.29 is 9.47 Å². The second-order valence-corrected chi connectivity index (χ2v) is 3.26. The van der Waals surface area contributed by atoms with Gasteiger partial charge in [-0.25, -0.2) is 0 Å². The summed E-state index contributed by atoms with van der Waals surface area (Å²) in [5, 5.41) is 0. The zero-order chi connectivity index (χ0) is 11.8. The third-order valence-corrected chi connectivity index (χ3v) is 2.14. The maximum atomic E-state index is 5.67. The SMILES string of the molecule is C/C=C/COc1c(CN)cccc1OCC. The third-order valence-electron chi connectivity index (χ3n) is 2.14. The number of para-hydroxylation sites is 1. The molecule has 1 aromatic carbocycles. The van der Waals surface area contributed by atoms with Gasteiger partial charge in [-0.05, 0) is 19.9 Å². The Hall–Kier alpha value is -1.48. The van der Waals surface area contributed by atoms with E-state index in [-0.39, 0.29) is 0 Å². The lowest BCUT2D eigenvalue weighted by Crippen LogP contribution is -2.05. The molecule has 16 heavy (non-hydrogen) atoms. The normalized spacial score (nSPS) is 10.7. The topological polar surface area (TPSA) is 44.5 Å². The van der Waals surface area contributed by atoms with Crippen molar-refractivity contribution in [1.82, 2.24) is 0 Å². The van der Waals surface area contributed by atoms with Gasteiger partial charge in [0.25, 0.3) is 0 Å². The first kappa shape index (κ1) is 12.6. The second-order valence-electron chi connectivity index (χ2n) is 3.26. The molecular formula is C13H19NO2. The molecule has 0 saturated heterocycles. The van der Waals surface area contributed by atoms with Crippen molar-refractivity contribution in [2.75, 3.05) is 13.2 Å². The monoisotopic (exact) mass is 221 g/mol. The van der Waals surface area contributed by atoms with Crippen LogP contribution in [0.25, 0.3) is 0 Å². The highest BCUT2D eigenvalue weighted by molar-refractivity contribution is 5.46.